The number of carbonyl (C=O) groups is 2. The minimum atomic E-state index is -0.639. The molecule has 0 aliphatic rings. The molecule has 144 valence electrons. The third kappa shape index (κ3) is 4.91. The molecule has 2 aromatic carbocycles. The van der Waals surface area contributed by atoms with E-state index in [1.807, 2.05) is 6.92 Å². The third-order valence-corrected chi connectivity index (χ3v) is 3.74. The molecule has 0 bridgehead atoms. The van der Waals surface area contributed by atoms with E-state index in [4.69, 9.17) is 23.7 Å². The van der Waals surface area contributed by atoms with Crippen molar-refractivity contribution in [2.75, 3.05) is 34.5 Å². The molecule has 2 rings (SSSR count). The van der Waals surface area contributed by atoms with E-state index in [1.54, 1.807) is 30.3 Å². The van der Waals surface area contributed by atoms with Crippen LogP contribution in [0.15, 0.2) is 36.4 Å². The van der Waals surface area contributed by atoms with Crippen molar-refractivity contribution in [3.8, 4) is 23.0 Å². The first-order valence-electron chi connectivity index (χ1n) is 8.27. The van der Waals surface area contributed by atoms with Crippen molar-refractivity contribution in [1.29, 1.82) is 0 Å². The Balaban J connectivity index is 2.09. The van der Waals surface area contributed by atoms with Gasteiger partial charge in [-0.1, -0.05) is 0 Å². The van der Waals surface area contributed by atoms with E-state index in [0.29, 0.717) is 35.2 Å². The molecule has 0 radical (unpaired) electrons. The summed E-state index contributed by atoms with van der Waals surface area (Å²) < 4.78 is 26.0. The summed E-state index contributed by atoms with van der Waals surface area (Å²) in [5.41, 5.74) is 0.560. The maximum atomic E-state index is 12.4. The Hall–Kier alpha value is -3.22. The Morgan fingerprint density at radius 2 is 1.59 bits per heavy atom. The fraction of sp³-hybridized carbons (Fsp3) is 0.300. The van der Waals surface area contributed by atoms with Gasteiger partial charge in [-0.3, -0.25) is 4.79 Å². The van der Waals surface area contributed by atoms with Crippen molar-refractivity contribution >= 4 is 11.8 Å². The molecule has 0 saturated carbocycles. The zero-order valence-corrected chi connectivity index (χ0v) is 15.7. The molecule has 0 saturated heterocycles. The van der Waals surface area contributed by atoms with Gasteiger partial charge in [0.15, 0.2) is 18.1 Å². The van der Waals surface area contributed by atoms with E-state index in [1.165, 1.54) is 27.4 Å². The Bertz CT molecular complexity index is 814. The largest absolute Gasteiger partial charge is 0.497 e. The molecule has 0 amide bonds. The Kier molecular flexibility index (Phi) is 7.05. The van der Waals surface area contributed by atoms with Crippen LogP contribution in [0.4, 0.5) is 0 Å². The van der Waals surface area contributed by atoms with Gasteiger partial charge in [-0.05, 0) is 37.3 Å². The van der Waals surface area contributed by atoms with Crippen molar-refractivity contribution < 1.29 is 33.3 Å². The van der Waals surface area contributed by atoms with E-state index < -0.39 is 12.6 Å². The zero-order valence-electron chi connectivity index (χ0n) is 15.7. The minimum Gasteiger partial charge on any atom is -0.497 e. The molecule has 0 N–H and O–H groups in total. The average Bonchev–Trinajstić information content (AvgIpc) is 2.71. The molecule has 0 atom stereocenters. The van der Waals surface area contributed by atoms with Crippen molar-refractivity contribution in [1.82, 2.24) is 0 Å². The highest BCUT2D eigenvalue weighted by Gasteiger charge is 2.17. The highest BCUT2D eigenvalue weighted by atomic mass is 16.5. The summed E-state index contributed by atoms with van der Waals surface area (Å²) in [6.45, 7) is 1.83. The molecule has 7 nitrogen and oxygen atoms in total. The summed E-state index contributed by atoms with van der Waals surface area (Å²) >= 11 is 0. The molecular formula is C20H22O7. The van der Waals surface area contributed by atoms with E-state index >= 15 is 0 Å². The third-order valence-electron chi connectivity index (χ3n) is 3.74. The van der Waals surface area contributed by atoms with E-state index in [-0.39, 0.29) is 11.3 Å². The topological polar surface area (TPSA) is 80.3 Å². The van der Waals surface area contributed by atoms with Crippen LogP contribution >= 0.6 is 0 Å². The Morgan fingerprint density at radius 3 is 2.22 bits per heavy atom. The van der Waals surface area contributed by atoms with Crippen LogP contribution in [0.25, 0.3) is 0 Å². The van der Waals surface area contributed by atoms with Crippen LogP contribution in [0.2, 0.25) is 0 Å². The summed E-state index contributed by atoms with van der Waals surface area (Å²) in [5, 5.41) is 0. The zero-order chi connectivity index (χ0) is 19.8. The summed E-state index contributed by atoms with van der Waals surface area (Å²) in [6, 6.07) is 9.46. The fourth-order valence-corrected chi connectivity index (χ4v) is 2.39. The SMILES string of the molecule is CCOc1cc(C(=O)OCC(=O)c2ccc(OC)cc2OC)ccc1OC. The van der Waals surface area contributed by atoms with Gasteiger partial charge in [-0.25, -0.2) is 4.79 Å². The van der Waals surface area contributed by atoms with E-state index in [2.05, 4.69) is 0 Å². The van der Waals surface area contributed by atoms with Crippen LogP contribution in [0.1, 0.15) is 27.6 Å². The molecule has 2 aromatic rings. The number of benzene rings is 2. The van der Waals surface area contributed by atoms with Crippen LogP contribution in [-0.4, -0.2) is 46.3 Å². The number of ether oxygens (including phenoxy) is 5. The predicted octanol–water partition coefficient (Wildman–Crippen LogP) is 3.15. The first-order valence-corrected chi connectivity index (χ1v) is 8.27. The second kappa shape index (κ2) is 9.47. The number of ketones is 1. The molecule has 0 aliphatic heterocycles. The molecule has 0 spiro atoms. The lowest BCUT2D eigenvalue weighted by molar-refractivity contribution is 0.0473. The lowest BCUT2D eigenvalue weighted by Gasteiger charge is -2.12. The fourth-order valence-electron chi connectivity index (χ4n) is 2.39. The maximum absolute atomic E-state index is 12.4. The van der Waals surface area contributed by atoms with Gasteiger partial charge in [0.2, 0.25) is 5.78 Å². The van der Waals surface area contributed by atoms with Gasteiger partial charge >= 0.3 is 5.97 Å². The minimum absolute atomic E-state index is 0.258. The van der Waals surface area contributed by atoms with Crippen LogP contribution in [0.3, 0.4) is 0 Å². The quantitative estimate of drug-likeness (QED) is 0.493. The van der Waals surface area contributed by atoms with E-state index in [9.17, 15) is 9.59 Å². The standard InChI is InChI=1S/C20H22O7/c1-5-26-19-10-13(6-9-17(19)24-3)20(22)27-12-16(21)15-8-7-14(23-2)11-18(15)25-4/h6-11H,5,12H2,1-4H3. The van der Waals surface area contributed by atoms with Crippen LogP contribution in [-0.2, 0) is 4.74 Å². The summed E-state index contributed by atoms with van der Waals surface area (Å²) in [4.78, 5) is 24.7. The molecule has 7 heteroatoms. The second-order valence-corrected chi connectivity index (χ2v) is 5.36. The highest BCUT2D eigenvalue weighted by Crippen LogP contribution is 2.28. The number of hydrogen-bond acceptors (Lipinski definition) is 7. The van der Waals surface area contributed by atoms with Crippen molar-refractivity contribution in [3.63, 3.8) is 0 Å². The number of hydrogen-bond donors (Lipinski definition) is 0. The van der Waals surface area contributed by atoms with Crippen LogP contribution in [0, 0.1) is 0 Å². The summed E-state index contributed by atoms with van der Waals surface area (Å²) in [7, 11) is 4.48. The van der Waals surface area contributed by atoms with Gasteiger partial charge < -0.3 is 23.7 Å². The second-order valence-electron chi connectivity index (χ2n) is 5.36. The average molecular weight is 374 g/mol. The van der Waals surface area contributed by atoms with Crippen molar-refractivity contribution in [2.45, 2.75) is 6.92 Å². The predicted molar refractivity (Wildman–Crippen MR) is 98.3 cm³/mol. The molecular weight excluding hydrogens is 352 g/mol. The van der Waals surface area contributed by atoms with Crippen LogP contribution in [0.5, 0.6) is 23.0 Å². The molecule has 0 heterocycles. The van der Waals surface area contributed by atoms with Gasteiger partial charge in [0.05, 0.1) is 39.1 Å². The normalized spacial score (nSPS) is 10.1. The van der Waals surface area contributed by atoms with Crippen molar-refractivity contribution in [3.05, 3.63) is 47.5 Å². The molecule has 0 fully saturated rings. The number of methoxy groups -OCH3 is 3. The van der Waals surface area contributed by atoms with Crippen molar-refractivity contribution in [2.24, 2.45) is 0 Å². The summed E-state index contributed by atoms with van der Waals surface area (Å²) in [5.74, 6) is 0.812. The molecule has 0 unspecified atom stereocenters. The maximum Gasteiger partial charge on any atom is 0.338 e. The lowest BCUT2D eigenvalue weighted by Crippen LogP contribution is -2.15. The highest BCUT2D eigenvalue weighted by molar-refractivity contribution is 6.01. The monoisotopic (exact) mass is 374 g/mol. The number of rotatable bonds is 9. The van der Waals surface area contributed by atoms with Gasteiger partial charge in [0, 0.05) is 6.07 Å². The molecule has 0 aliphatic carbocycles. The molecule has 0 aromatic heterocycles. The lowest BCUT2D eigenvalue weighted by atomic mass is 10.1. The number of esters is 1. The van der Waals surface area contributed by atoms with Gasteiger partial charge in [0.25, 0.3) is 0 Å². The number of carbonyl (C=O) groups excluding carboxylic acids is 2. The van der Waals surface area contributed by atoms with E-state index in [0.717, 1.165) is 0 Å². The molecule has 27 heavy (non-hydrogen) atoms. The number of Topliss-reactive ketones (excluding diaryl/α,β-unsaturated/α-hetero) is 1. The van der Waals surface area contributed by atoms with Gasteiger partial charge in [0.1, 0.15) is 11.5 Å². The van der Waals surface area contributed by atoms with Gasteiger partial charge in [-0.2, -0.15) is 0 Å². The Labute approximate surface area is 157 Å². The summed E-state index contributed by atoms with van der Waals surface area (Å²) in [6.07, 6.45) is 0. The smallest absolute Gasteiger partial charge is 0.338 e. The van der Waals surface area contributed by atoms with Gasteiger partial charge in [-0.15, -0.1) is 0 Å². The first kappa shape index (κ1) is 20.1. The Morgan fingerprint density at radius 1 is 0.852 bits per heavy atom. The first-order chi connectivity index (χ1) is 13.0. The van der Waals surface area contributed by atoms with Crippen LogP contribution < -0.4 is 18.9 Å².